The Hall–Kier alpha value is -3.11. The van der Waals surface area contributed by atoms with Crippen molar-refractivity contribution in [2.75, 3.05) is 0 Å². The molecule has 0 aliphatic rings. The number of hydrogen-bond acceptors (Lipinski definition) is 2. The molecule has 0 aromatic heterocycles. The molecule has 34 heavy (non-hydrogen) atoms. The fourth-order valence-electron chi connectivity index (χ4n) is 3.95. The number of hydrogen-bond donors (Lipinski definition) is 1. The molecule has 0 fully saturated rings. The quantitative estimate of drug-likeness (QED) is 0.379. The highest BCUT2D eigenvalue weighted by Crippen LogP contribution is 2.30. The molecular formula is C29H33ClN2O2. The van der Waals surface area contributed by atoms with Gasteiger partial charge in [-0.2, -0.15) is 0 Å². The zero-order valence-corrected chi connectivity index (χ0v) is 20.8. The number of rotatable bonds is 10. The summed E-state index contributed by atoms with van der Waals surface area (Å²) < 4.78 is 0. The van der Waals surface area contributed by atoms with Crippen LogP contribution in [-0.2, 0) is 16.1 Å². The Labute approximate surface area is 207 Å². The van der Waals surface area contributed by atoms with E-state index in [4.69, 9.17) is 11.6 Å². The Bertz CT molecular complexity index is 1030. The summed E-state index contributed by atoms with van der Waals surface area (Å²) in [6.07, 6.45) is 1.07. The molecule has 0 aliphatic heterocycles. The first-order chi connectivity index (χ1) is 16.4. The number of halogens is 1. The molecule has 0 radical (unpaired) electrons. The van der Waals surface area contributed by atoms with Crippen LogP contribution in [0.5, 0.6) is 0 Å². The Balaban J connectivity index is 1.92. The number of carbonyl (C=O) groups is 2. The van der Waals surface area contributed by atoms with Crippen LogP contribution >= 0.6 is 11.6 Å². The average Bonchev–Trinajstić information content (AvgIpc) is 2.87. The van der Waals surface area contributed by atoms with Gasteiger partial charge in [-0.3, -0.25) is 9.59 Å². The van der Waals surface area contributed by atoms with Gasteiger partial charge in [-0.1, -0.05) is 97.4 Å². The van der Waals surface area contributed by atoms with Crippen LogP contribution in [0.1, 0.15) is 56.2 Å². The third-order valence-corrected chi connectivity index (χ3v) is 6.62. The molecule has 3 rings (SSSR count). The molecular weight excluding hydrogens is 444 g/mol. The normalized spacial score (nSPS) is 12.7. The van der Waals surface area contributed by atoms with Gasteiger partial charge in [0.15, 0.2) is 0 Å². The summed E-state index contributed by atoms with van der Waals surface area (Å²) in [5.74, 6) is -0.372. The summed E-state index contributed by atoms with van der Waals surface area (Å²) in [4.78, 5) is 28.5. The van der Waals surface area contributed by atoms with E-state index in [1.807, 2.05) is 92.7 Å². The Morgan fingerprint density at radius 1 is 0.853 bits per heavy atom. The van der Waals surface area contributed by atoms with Gasteiger partial charge < -0.3 is 10.2 Å². The van der Waals surface area contributed by atoms with Crippen molar-refractivity contribution in [2.24, 2.45) is 0 Å². The molecule has 3 aromatic rings. The van der Waals surface area contributed by atoms with Crippen LogP contribution in [0, 0.1) is 0 Å². The zero-order chi connectivity index (χ0) is 24.5. The average molecular weight is 477 g/mol. The highest BCUT2D eigenvalue weighted by molar-refractivity contribution is 6.31. The molecule has 5 heteroatoms. The van der Waals surface area contributed by atoms with Crippen LogP contribution < -0.4 is 5.32 Å². The SMILES string of the molecule is CC[C@H](C)NC(=O)[C@@H](C)N(Cc1ccccc1Cl)C(=O)CC(c1ccccc1)c1ccccc1. The number of amides is 2. The summed E-state index contributed by atoms with van der Waals surface area (Å²) in [6, 6.07) is 26.9. The Morgan fingerprint density at radius 2 is 1.38 bits per heavy atom. The maximum atomic E-state index is 13.8. The Kier molecular flexibility index (Phi) is 9.29. The van der Waals surface area contributed by atoms with Crippen molar-refractivity contribution in [3.63, 3.8) is 0 Å². The van der Waals surface area contributed by atoms with E-state index in [-0.39, 0.29) is 36.7 Å². The van der Waals surface area contributed by atoms with Crippen molar-refractivity contribution in [3.8, 4) is 0 Å². The standard InChI is InChI=1S/C29H33ClN2O2/c1-4-21(2)31-29(34)22(3)32(20-25-17-11-12-18-27(25)30)28(33)19-26(23-13-7-5-8-14-23)24-15-9-6-10-16-24/h5-18,21-22,26H,4,19-20H2,1-3H3,(H,31,34)/t21-,22+/m0/s1. The molecule has 0 aliphatic carbocycles. The summed E-state index contributed by atoms with van der Waals surface area (Å²) in [5, 5.41) is 3.60. The van der Waals surface area contributed by atoms with Gasteiger partial charge in [0.05, 0.1) is 0 Å². The largest absolute Gasteiger partial charge is 0.352 e. The second-order valence-corrected chi connectivity index (χ2v) is 9.09. The molecule has 4 nitrogen and oxygen atoms in total. The van der Waals surface area contributed by atoms with Crippen molar-refractivity contribution in [2.45, 2.75) is 58.2 Å². The predicted octanol–water partition coefficient (Wildman–Crippen LogP) is 6.19. The first kappa shape index (κ1) is 25.5. The van der Waals surface area contributed by atoms with Crippen molar-refractivity contribution >= 4 is 23.4 Å². The van der Waals surface area contributed by atoms with Crippen molar-refractivity contribution < 1.29 is 9.59 Å². The second kappa shape index (κ2) is 12.4. The minimum Gasteiger partial charge on any atom is -0.352 e. The molecule has 2 amide bonds. The van der Waals surface area contributed by atoms with E-state index in [9.17, 15) is 9.59 Å². The first-order valence-electron chi connectivity index (χ1n) is 11.8. The maximum Gasteiger partial charge on any atom is 0.242 e. The van der Waals surface area contributed by atoms with Gasteiger partial charge in [-0.05, 0) is 43.0 Å². The van der Waals surface area contributed by atoms with Gasteiger partial charge in [-0.15, -0.1) is 0 Å². The fourth-order valence-corrected chi connectivity index (χ4v) is 4.14. The summed E-state index contributed by atoms with van der Waals surface area (Å²) in [6.45, 7) is 6.04. The van der Waals surface area contributed by atoms with E-state index in [2.05, 4.69) is 5.32 Å². The van der Waals surface area contributed by atoms with E-state index in [1.165, 1.54) is 0 Å². The van der Waals surface area contributed by atoms with Crippen LogP contribution in [-0.4, -0.2) is 28.8 Å². The smallest absolute Gasteiger partial charge is 0.242 e. The predicted molar refractivity (Wildman–Crippen MR) is 139 cm³/mol. The first-order valence-corrected chi connectivity index (χ1v) is 12.2. The third-order valence-electron chi connectivity index (χ3n) is 6.25. The lowest BCUT2D eigenvalue weighted by molar-refractivity contribution is -0.141. The molecule has 0 bridgehead atoms. The lowest BCUT2D eigenvalue weighted by atomic mass is 9.88. The minimum atomic E-state index is -0.634. The molecule has 1 N–H and O–H groups in total. The van der Waals surface area contributed by atoms with Crippen LogP contribution in [0.2, 0.25) is 5.02 Å². The van der Waals surface area contributed by atoms with Gasteiger partial charge in [0, 0.05) is 29.9 Å². The number of nitrogens with one attached hydrogen (secondary N) is 1. The molecule has 0 saturated heterocycles. The molecule has 0 saturated carbocycles. The highest BCUT2D eigenvalue weighted by atomic mass is 35.5. The van der Waals surface area contributed by atoms with Crippen LogP contribution in [0.25, 0.3) is 0 Å². The highest BCUT2D eigenvalue weighted by Gasteiger charge is 2.29. The van der Waals surface area contributed by atoms with Crippen molar-refractivity contribution in [1.29, 1.82) is 0 Å². The molecule has 2 atom stereocenters. The molecule has 3 aromatic carbocycles. The van der Waals surface area contributed by atoms with Crippen molar-refractivity contribution in [3.05, 3.63) is 107 Å². The molecule has 0 unspecified atom stereocenters. The lowest BCUT2D eigenvalue weighted by Crippen LogP contribution is -2.49. The van der Waals surface area contributed by atoms with Gasteiger partial charge in [0.25, 0.3) is 0 Å². The third kappa shape index (κ3) is 6.71. The molecule has 0 heterocycles. The topological polar surface area (TPSA) is 49.4 Å². The summed E-state index contributed by atoms with van der Waals surface area (Å²) in [7, 11) is 0. The van der Waals surface area contributed by atoms with Crippen LogP contribution in [0.15, 0.2) is 84.9 Å². The lowest BCUT2D eigenvalue weighted by Gasteiger charge is -2.31. The van der Waals surface area contributed by atoms with Crippen LogP contribution in [0.4, 0.5) is 0 Å². The van der Waals surface area contributed by atoms with Gasteiger partial charge in [0.2, 0.25) is 11.8 Å². The minimum absolute atomic E-state index is 0.0357. The number of nitrogens with zero attached hydrogens (tertiary/aromatic N) is 1. The van der Waals surface area contributed by atoms with E-state index in [0.29, 0.717) is 5.02 Å². The molecule has 178 valence electrons. The second-order valence-electron chi connectivity index (χ2n) is 8.68. The van der Waals surface area contributed by atoms with Crippen molar-refractivity contribution in [1.82, 2.24) is 10.2 Å². The maximum absolute atomic E-state index is 13.8. The van der Waals surface area contributed by atoms with Gasteiger partial charge in [-0.25, -0.2) is 0 Å². The van der Waals surface area contributed by atoms with Gasteiger partial charge >= 0.3 is 0 Å². The van der Waals surface area contributed by atoms with Gasteiger partial charge in [0.1, 0.15) is 6.04 Å². The van der Waals surface area contributed by atoms with E-state index >= 15 is 0 Å². The zero-order valence-electron chi connectivity index (χ0n) is 20.1. The summed E-state index contributed by atoms with van der Waals surface area (Å²) >= 11 is 6.42. The molecule has 0 spiro atoms. The van der Waals surface area contributed by atoms with E-state index < -0.39 is 6.04 Å². The summed E-state index contributed by atoms with van der Waals surface area (Å²) in [5.41, 5.74) is 2.95. The fraction of sp³-hybridized carbons (Fsp3) is 0.310. The van der Waals surface area contributed by atoms with E-state index in [0.717, 1.165) is 23.1 Å². The monoisotopic (exact) mass is 476 g/mol. The number of benzene rings is 3. The Morgan fingerprint density at radius 3 is 1.91 bits per heavy atom. The van der Waals surface area contributed by atoms with E-state index in [1.54, 1.807) is 17.9 Å². The number of carbonyl (C=O) groups excluding carboxylic acids is 2. The van der Waals surface area contributed by atoms with Crippen LogP contribution in [0.3, 0.4) is 0 Å².